The standard InChI is InChI=1S/C22H29N5O3/c1-13-23-12-17(22(29)27(2)3)20(25-13)16-6-4-14(5-7-16)11-24-21(28)18-10-19(30-26-18)15-8-9-15/h10,12,14-16H,4-9,11H2,1-3H3,(H,24,28). The Kier molecular flexibility index (Phi) is 5.83. The molecule has 0 aromatic carbocycles. The molecular weight excluding hydrogens is 382 g/mol. The highest BCUT2D eigenvalue weighted by atomic mass is 16.5. The second-order valence-corrected chi connectivity index (χ2v) is 8.73. The molecule has 0 bridgehead atoms. The topological polar surface area (TPSA) is 101 Å². The molecule has 0 radical (unpaired) electrons. The van der Waals surface area contributed by atoms with E-state index in [1.807, 2.05) is 6.92 Å². The maximum Gasteiger partial charge on any atom is 0.273 e. The number of rotatable bonds is 6. The first-order valence-corrected chi connectivity index (χ1v) is 10.7. The molecule has 160 valence electrons. The molecule has 2 aromatic rings. The summed E-state index contributed by atoms with van der Waals surface area (Å²) in [5.74, 6) is 2.39. The van der Waals surface area contributed by atoms with Gasteiger partial charge in [0.05, 0.1) is 11.3 Å². The quantitative estimate of drug-likeness (QED) is 0.784. The van der Waals surface area contributed by atoms with Crippen molar-refractivity contribution in [1.82, 2.24) is 25.3 Å². The number of aryl methyl sites for hydroxylation is 1. The van der Waals surface area contributed by atoms with Crippen molar-refractivity contribution in [3.8, 4) is 0 Å². The van der Waals surface area contributed by atoms with Crippen molar-refractivity contribution in [3.05, 3.63) is 40.8 Å². The van der Waals surface area contributed by atoms with Crippen LogP contribution >= 0.6 is 0 Å². The molecule has 1 N–H and O–H groups in total. The second-order valence-electron chi connectivity index (χ2n) is 8.73. The molecule has 2 aromatic heterocycles. The van der Waals surface area contributed by atoms with E-state index < -0.39 is 0 Å². The van der Waals surface area contributed by atoms with Gasteiger partial charge in [0.1, 0.15) is 11.6 Å². The zero-order valence-corrected chi connectivity index (χ0v) is 17.9. The van der Waals surface area contributed by atoms with Crippen LogP contribution in [0.4, 0.5) is 0 Å². The van der Waals surface area contributed by atoms with E-state index in [-0.39, 0.29) is 17.7 Å². The van der Waals surface area contributed by atoms with Crippen LogP contribution in [0.5, 0.6) is 0 Å². The van der Waals surface area contributed by atoms with Crippen LogP contribution in [0.2, 0.25) is 0 Å². The lowest BCUT2D eigenvalue weighted by Crippen LogP contribution is -2.32. The largest absolute Gasteiger partial charge is 0.360 e. The van der Waals surface area contributed by atoms with Gasteiger partial charge in [0.15, 0.2) is 5.69 Å². The first-order chi connectivity index (χ1) is 14.4. The van der Waals surface area contributed by atoms with Gasteiger partial charge in [-0.05, 0) is 51.4 Å². The van der Waals surface area contributed by atoms with Crippen LogP contribution in [0.1, 0.15) is 88.5 Å². The SMILES string of the molecule is Cc1ncc(C(=O)N(C)C)c(C2CCC(CNC(=O)c3cc(C4CC4)on3)CC2)n1. The third kappa shape index (κ3) is 4.52. The second kappa shape index (κ2) is 8.53. The highest BCUT2D eigenvalue weighted by molar-refractivity contribution is 5.94. The van der Waals surface area contributed by atoms with Gasteiger partial charge in [-0.2, -0.15) is 0 Å². The first-order valence-electron chi connectivity index (χ1n) is 10.7. The molecule has 0 saturated heterocycles. The number of hydrogen-bond donors (Lipinski definition) is 1. The van der Waals surface area contributed by atoms with Gasteiger partial charge in [-0.3, -0.25) is 9.59 Å². The van der Waals surface area contributed by atoms with Crippen molar-refractivity contribution < 1.29 is 14.1 Å². The van der Waals surface area contributed by atoms with Crippen molar-refractivity contribution in [2.24, 2.45) is 5.92 Å². The van der Waals surface area contributed by atoms with Gasteiger partial charge in [-0.15, -0.1) is 0 Å². The number of aromatic nitrogens is 3. The third-order valence-electron chi connectivity index (χ3n) is 6.10. The summed E-state index contributed by atoms with van der Waals surface area (Å²) >= 11 is 0. The third-order valence-corrected chi connectivity index (χ3v) is 6.10. The van der Waals surface area contributed by atoms with Crippen molar-refractivity contribution in [2.45, 2.75) is 57.3 Å². The predicted octanol–water partition coefficient (Wildman–Crippen LogP) is 3.06. The number of carbonyl (C=O) groups excluding carboxylic acids is 2. The average Bonchev–Trinajstić information content (AvgIpc) is 3.48. The summed E-state index contributed by atoms with van der Waals surface area (Å²) in [4.78, 5) is 35.3. The molecule has 2 aliphatic carbocycles. The van der Waals surface area contributed by atoms with Crippen LogP contribution in [0.15, 0.2) is 16.8 Å². The van der Waals surface area contributed by atoms with Gasteiger partial charge < -0.3 is 14.7 Å². The molecule has 4 rings (SSSR count). The fourth-order valence-electron chi connectivity index (χ4n) is 4.13. The van der Waals surface area contributed by atoms with Gasteiger partial charge in [0.2, 0.25) is 0 Å². The molecule has 0 aliphatic heterocycles. The highest BCUT2D eigenvalue weighted by Gasteiger charge is 2.30. The van der Waals surface area contributed by atoms with Crippen LogP contribution < -0.4 is 5.32 Å². The Balaban J connectivity index is 1.32. The van der Waals surface area contributed by atoms with Crippen molar-refractivity contribution in [2.75, 3.05) is 20.6 Å². The van der Waals surface area contributed by atoms with E-state index in [0.717, 1.165) is 50.0 Å². The Hall–Kier alpha value is -2.77. The smallest absolute Gasteiger partial charge is 0.273 e. The van der Waals surface area contributed by atoms with Crippen LogP contribution in [0.3, 0.4) is 0 Å². The number of nitrogens with one attached hydrogen (secondary N) is 1. The molecule has 2 aliphatic rings. The molecule has 2 heterocycles. The van der Waals surface area contributed by atoms with E-state index >= 15 is 0 Å². The maximum absolute atomic E-state index is 12.5. The molecule has 2 fully saturated rings. The summed E-state index contributed by atoms with van der Waals surface area (Å²) < 4.78 is 5.27. The van der Waals surface area contributed by atoms with Gasteiger partial charge in [0.25, 0.3) is 11.8 Å². The number of nitrogens with zero attached hydrogens (tertiary/aromatic N) is 4. The summed E-state index contributed by atoms with van der Waals surface area (Å²) in [6.07, 6.45) is 7.74. The maximum atomic E-state index is 12.5. The Morgan fingerprint density at radius 3 is 2.50 bits per heavy atom. The minimum Gasteiger partial charge on any atom is -0.360 e. The minimum absolute atomic E-state index is 0.0578. The van der Waals surface area contributed by atoms with Gasteiger partial charge in [0, 0.05) is 44.7 Å². The normalized spacial score (nSPS) is 21.3. The fraction of sp³-hybridized carbons (Fsp3) is 0.591. The van der Waals surface area contributed by atoms with Gasteiger partial charge in [-0.1, -0.05) is 5.16 Å². The van der Waals surface area contributed by atoms with Crippen molar-refractivity contribution in [3.63, 3.8) is 0 Å². The average molecular weight is 412 g/mol. The summed E-state index contributed by atoms with van der Waals surface area (Å²) in [5, 5.41) is 6.91. The zero-order chi connectivity index (χ0) is 21.3. The first kappa shape index (κ1) is 20.5. The summed E-state index contributed by atoms with van der Waals surface area (Å²) in [5.41, 5.74) is 1.83. The Morgan fingerprint density at radius 1 is 1.13 bits per heavy atom. The Labute approximate surface area is 176 Å². The van der Waals surface area contributed by atoms with E-state index in [1.54, 1.807) is 31.3 Å². The Morgan fingerprint density at radius 2 is 1.83 bits per heavy atom. The molecule has 0 spiro atoms. The molecule has 2 amide bonds. The number of hydrogen-bond acceptors (Lipinski definition) is 6. The van der Waals surface area contributed by atoms with Crippen LogP contribution in [0, 0.1) is 12.8 Å². The van der Waals surface area contributed by atoms with E-state index in [9.17, 15) is 9.59 Å². The number of amides is 2. The van der Waals surface area contributed by atoms with Crippen molar-refractivity contribution >= 4 is 11.8 Å². The Bertz CT molecular complexity index is 927. The lowest BCUT2D eigenvalue weighted by atomic mass is 9.79. The monoisotopic (exact) mass is 411 g/mol. The summed E-state index contributed by atoms with van der Waals surface area (Å²) in [7, 11) is 3.49. The molecule has 0 unspecified atom stereocenters. The van der Waals surface area contributed by atoms with Crippen molar-refractivity contribution in [1.29, 1.82) is 0 Å². The number of carbonyl (C=O) groups is 2. The molecule has 8 heteroatoms. The van der Waals surface area contributed by atoms with Crippen LogP contribution in [-0.2, 0) is 0 Å². The van der Waals surface area contributed by atoms with E-state index in [1.165, 1.54) is 0 Å². The highest BCUT2D eigenvalue weighted by Crippen LogP contribution is 2.40. The zero-order valence-electron chi connectivity index (χ0n) is 17.9. The molecular formula is C22H29N5O3. The molecule has 30 heavy (non-hydrogen) atoms. The summed E-state index contributed by atoms with van der Waals surface area (Å²) in [6.45, 7) is 2.48. The molecule has 2 saturated carbocycles. The fourth-order valence-corrected chi connectivity index (χ4v) is 4.13. The van der Waals surface area contributed by atoms with E-state index in [4.69, 9.17) is 4.52 Å². The molecule has 8 nitrogen and oxygen atoms in total. The predicted molar refractivity (Wildman–Crippen MR) is 110 cm³/mol. The van der Waals surface area contributed by atoms with Gasteiger partial charge in [-0.25, -0.2) is 9.97 Å². The van der Waals surface area contributed by atoms with E-state index in [0.29, 0.717) is 35.5 Å². The lowest BCUT2D eigenvalue weighted by Gasteiger charge is -2.29. The molecule has 0 atom stereocenters. The minimum atomic E-state index is -0.168. The van der Waals surface area contributed by atoms with E-state index in [2.05, 4.69) is 20.4 Å². The van der Waals surface area contributed by atoms with Crippen LogP contribution in [0.25, 0.3) is 0 Å². The summed E-state index contributed by atoms with van der Waals surface area (Å²) in [6, 6.07) is 1.77. The lowest BCUT2D eigenvalue weighted by molar-refractivity contribution is 0.0823. The van der Waals surface area contributed by atoms with Crippen LogP contribution in [-0.4, -0.2) is 52.5 Å². The van der Waals surface area contributed by atoms with Gasteiger partial charge >= 0.3 is 0 Å².